The van der Waals surface area contributed by atoms with Crippen LogP contribution in [0, 0.1) is 17.4 Å². The highest BCUT2D eigenvalue weighted by Crippen LogP contribution is 2.19. The fourth-order valence-electron chi connectivity index (χ4n) is 1.84. The van der Waals surface area contributed by atoms with Crippen molar-refractivity contribution >= 4 is 44.4 Å². The van der Waals surface area contributed by atoms with Crippen LogP contribution in [-0.2, 0) is 6.54 Å². The lowest BCUT2D eigenvalue weighted by molar-refractivity contribution is 0.0946. The summed E-state index contributed by atoms with van der Waals surface area (Å²) in [5.41, 5.74) is 2.61. The van der Waals surface area contributed by atoms with E-state index in [2.05, 4.69) is 59.1 Å². The van der Waals surface area contributed by atoms with Crippen molar-refractivity contribution in [3.05, 3.63) is 31.3 Å². The molecule has 0 aliphatic heterocycles. The number of amides is 1. The Labute approximate surface area is 139 Å². The number of aromatic amines is 1. The Morgan fingerprint density at radius 1 is 1.55 bits per heavy atom. The molecular weight excluding hydrogens is 437 g/mol. The summed E-state index contributed by atoms with van der Waals surface area (Å²) in [6, 6.07) is 0. The van der Waals surface area contributed by atoms with Gasteiger partial charge >= 0.3 is 0 Å². The maximum absolute atomic E-state index is 11.8. The normalized spacial score (nSPS) is 10.8. The number of carbonyl (C=O) groups is 1. The third-order valence-corrected chi connectivity index (χ3v) is 4.91. The summed E-state index contributed by atoms with van der Waals surface area (Å²) in [7, 11) is 0. The zero-order valence-electron chi connectivity index (χ0n) is 11.2. The van der Waals surface area contributed by atoms with Crippen LogP contribution in [0.4, 0.5) is 0 Å². The predicted octanol–water partition coefficient (Wildman–Crippen LogP) is 2.41. The number of carbonyl (C=O) groups excluding carboxylic acids is 1. The summed E-state index contributed by atoms with van der Waals surface area (Å²) in [5, 5.41) is 13.8. The largest absolute Gasteiger partial charge is 0.351 e. The zero-order valence-corrected chi connectivity index (χ0v) is 14.9. The SMILES string of the molecule is Cc1nn(CCCNC(=O)c2[nH]ncc2I)c(C)c1Br. The van der Waals surface area contributed by atoms with E-state index in [-0.39, 0.29) is 5.91 Å². The molecule has 2 aromatic heterocycles. The number of hydrogen-bond donors (Lipinski definition) is 2. The van der Waals surface area contributed by atoms with Gasteiger partial charge in [0.2, 0.25) is 0 Å². The number of aryl methyl sites for hydroxylation is 2. The summed E-state index contributed by atoms with van der Waals surface area (Å²) < 4.78 is 3.82. The van der Waals surface area contributed by atoms with Crippen molar-refractivity contribution in [1.82, 2.24) is 25.3 Å². The monoisotopic (exact) mass is 451 g/mol. The van der Waals surface area contributed by atoms with Crippen LogP contribution in [0.1, 0.15) is 28.3 Å². The molecule has 108 valence electrons. The molecule has 0 atom stereocenters. The van der Waals surface area contributed by atoms with Crippen LogP contribution >= 0.6 is 38.5 Å². The second-order valence-electron chi connectivity index (χ2n) is 4.41. The van der Waals surface area contributed by atoms with Gasteiger partial charge in [-0.05, 0) is 58.8 Å². The van der Waals surface area contributed by atoms with Crippen molar-refractivity contribution in [3.63, 3.8) is 0 Å². The van der Waals surface area contributed by atoms with Gasteiger partial charge in [-0.3, -0.25) is 14.6 Å². The molecule has 0 saturated heterocycles. The topological polar surface area (TPSA) is 75.6 Å². The minimum atomic E-state index is -0.124. The van der Waals surface area contributed by atoms with Gasteiger partial charge in [0, 0.05) is 18.8 Å². The van der Waals surface area contributed by atoms with Crippen LogP contribution in [0.25, 0.3) is 0 Å². The fourth-order valence-corrected chi connectivity index (χ4v) is 2.63. The minimum Gasteiger partial charge on any atom is -0.351 e. The smallest absolute Gasteiger partial charge is 0.270 e. The van der Waals surface area contributed by atoms with Crippen molar-refractivity contribution in [2.45, 2.75) is 26.8 Å². The summed E-state index contributed by atoms with van der Waals surface area (Å²) in [4.78, 5) is 11.8. The van der Waals surface area contributed by atoms with Crippen molar-refractivity contribution in [3.8, 4) is 0 Å². The van der Waals surface area contributed by atoms with Crippen molar-refractivity contribution in [2.24, 2.45) is 0 Å². The first-order valence-electron chi connectivity index (χ1n) is 6.17. The lowest BCUT2D eigenvalue weighted by Crippen LogP contribution is -2.26. The van der Waals surface area contributed by atoms with Gasteiger partial charge in [-0.2, -0.15) is 10.2 Å². The van der Waals surface area contributed by atoms with Gasteiger partial charge in [-0.15, -0.1) is 0 Å². The first-order valence-corrected chi connectivity index (χ1v) is 8.04. The predicted molar refractivity (Wildman–Crippen MR) is 87.7 cm³/mol. The molecule has 6 nitrogen and oxygen atoms in total. The number of hydrogen-bond acceptors (Lipinski definition) is 3. The van der Waals surface area contributed by atoms with Crippen LogP contribution in [0.15, 0.2) is 10.7 Å². The van der Waals surface area contributed by atoms with Gasteiger partial charge in [-0.25, -0.2) is 0 Å². The summed E-state index contributed by atoms with van der Waals surface area (Å²) in [6.07, 6.45) is 2.45. The van der Waals surface area contributed by atoms with Crippen molar-refractivity contribution in [1.29, 1.82) is 0 Å². The van der Waals surface area contributed by atoms with E-state index in [0.717, 1.165) is 32.4 Å². The fraction of sp³-hybridized carbons (Fsp3) is 0.417. The molecule has 2 heterocycles. The van der Waals surface area contributed by atoms with E-state index in [9.17, 15) is 4.79 Å². The van der Waals surface area contributed by atoms with Gasteiger partial charge in [-0.1, -0.05) is 0 Å². The molecule has 0 radical (unpaired) electrons. The molecule has 0 aromatic carbocycles. The van der Waals surface area contributed by atoms with Gasteiger partial charge in [0.25, 0.3) is 5.91 Å². The minimum absolute atomic E-state index is 0.124. The van der Waals surface area contributed by atoms with Crippen LogP contribution in [0.5, 0.6) is 0 Å². The number of nitrogens with zero attached hydrogens (tertiary/aromatic N) is 3. The first kappa shape index (κ1) is 15.5. The Kier molecular flexibility index (Phi) is 5.19. The Hall–Kier alpha value is -0.900. The molecule has 0 fully saturated rings. The molecule has 2 N–H and O–H groups in total. The molecule has 0 unspecified atom stereocenters. The highest BCUT2D eigenvalue weighted by atomic mass is 127. The van der Waals surface area contributed by atoms with Crippen LogP contribution in [0.2, 0.25) is 0 Å². The van der Waals surface area contributed by atoms with Gasteiger partial charge < -0.3 is 5.32 Å². The van der Waals surface area contributed by atoms with Gasteiger partial charge in [0.15, 0.2) is 0 Å². The molecule has 8 heteroatoms. The van der Waals surface area contributed by atoms with Crippen molar-refractivity contribution < 1.29 is 4.79 Å². The van der Waals surface area contributed by atoms with Crippen LogP contribution < -0.4 is 5.32 Å². The van der Waals surface area contributed by atoms with E-state index in [1.807, 2.05) is 18.5 Å². The number of halogens is 2. The number of H-pyrrole nitrogens is 1. The summed E-state index contributed by atoms with van der Waals surface area (Å²) in [5.74, 6) is -0.124. The standard InChI is InChI=1S/C12H15BrIN5O/c1-7-10(13)8(2)19(18-7)5-3-4-15-12(20)11-9(14)6-16-17-11/h6H,3-5H2,1-2H3,(H,15,20)(H,16,17). The molecular formula is C12H15BrIN5O. The quantitative estimate of drug-likeness (QED) is 0.541. The highest BCUT2D eigenvalue weighted by Gasteiger charge is 2.11. The number of aromatic nitrogens is 4. The molecule has 0 aliphatic carbocycles. The van der Waals surface area contributed by atoms with E-state index < -0.39 is 0 Å². The average molecular weight is 452 g/mol. The maximum Gasteiger partial charge on any atom is 0.270 e. The molecule has 0 aliphatic rings. The Morgan fingerprint density at radius 3 is 2.85 bits per heavy atom. The molecule has 0 saturated carbocycles. The van der Waals surface area contributed by atoms with E-state index in [4.69, 9.17) is 0 Å². The number of rotatable bonds is 5. The van der Waals surface area contributed by atoms with E-state index in [1.54, 1.807) is 6.20 Å². The third kappa shape index (κ3) is 3.40. The average Bonchev–Trinajstić information content (AvgIpc) is 2.94. The Bertz CT molecular complexity index is 621. The molecule has 1 amide bonds. The second kappa shape index (κ2) is 6.70. The molecule has 2 rings (SSSR count). The third-order valence-electron chi connectivity index (χ3n) is 2.95. The number of nitrogens with one attached hydrogen (secondary N) is 2. The maximum atomic E-state index is 11.8. The summed E-state index contributed by atoms with van der Waals surface area (Å²) in [6.45, 7) is 5.37. The molecule has 0 spiro atoms. The molecule has 0 bridgehead atoms. The van der Waals surface area contributed by atoms with E-state index in [1.165, 1.54) is 0 Å². The van der Waals surface area contributed by atoms with Crippen LogP contribution in [-0.4, -0.2) is 32.4 Å². The summed E-state index contributed by atoms with van der Waals surface area (Å²) >= 11 is 5.58. The molecule has 2 aromatic rings. The zero-order chi connectivity index (χ0) is 14.7. The lowest BCUT2D eigenvalue weighted by Gasteiger charge is -2.06. The van der Waals surface area contributed by atoms with Crippen LogP contribution in [0.3, 0.4) is 0 Å². The lowest BCUT2D eigenvalue weighted by atomic mass is 10.3. The Morgan fingerprint density at radius 2 is 2.30 bits per heavy atom. The highest BCUT2D eigenvalue weighted by molar-refractivity contribution is 14.1. The molecule has 20 heavy (non-hydrogen) atoms. The Balaban J connectivity index is 1.81. The van der Waals surface area contributed by atoms with Crippen molar-refractivity contribution in [2.75, 3.05) is 6.54 Å². The van der Waals surface area contributed by atoms with E-state index >= 15 is 0 Å². The van der Waals surface area contributed by atoms with E-state index in [0.29, 0.717) is 12.2 Å². The van der Waals surface area contributed by atoms with Gasteiger partial charge in [0.05, 0.1) is 19.9 Å². The first-order chi connectivity index (χ1) is 9.50. The van der Waals surface area contributed by atoms with Gasteiger partial charge in [0.1, 0.15) is 5.69 Å². The second-order valence-corrected chi connectivity index (χ2v) is 6.37.